The smallest absolute Gasteiger partial charge is 0.115 e. The van der Waals surface area contributed by atoms with Crippen molar-refractivity contribution in [3.05, 3.63) is 47.6 Å². The Kier molecular flexibility index (Phi) is 7.96. The molecule has 24 heavy (non-hydrogen) atoms. The molecular weight excluding hydrogens is 296 g/mol. The van der Waals surface area contributed by atoms with Crippen LogP contribution in [-0.2, 0) is 0 Å². The van der Waals surface area contributed by atoms with E-state index in [4.69, 9.17) is 0 Å². The first kappa shape index (κ1) is 20.2. The van der Waals surface area contributed by atoms with E-state index in [1.165, 1.54) is 22.5 Å². The standard InChI is InChI=1S/2C10H16N2/c2*1-7(2)9-5-11-6-12-10(9)8(3)4/h2*5-8H,1-4H3. The lowest BCUT2D eigenvalue weighted by Gasteiger charge is -2.12. The van der Waals surface area contributed by atoms with E-state index in [9.17, 15) is 0 Å². The molecule has 0 radical (unpaired) electrons. The largest absolute Gasteiger partial charge is 0.245 e. The van der Waals surface area contributed by atoms with Gasteiger partial charge in [0.15, 0.2) is 0 Å². The van der Waals surface area contributed by atoms with Crippen LogP contribution in [0, 0.1) is 0 Å². The summed E-state index contributed by atoms with van der Waals surface area (Å²) in [5.74, 6) is 2.02. The molecule has 0 unspecified atom stereocenters. The fraction of sp³-hybridized carbons (Fsp3) is 0.600. The zero-order valence-corrected chi connectivity index (χ0v) is 16.4. The average molecular weight is 329 g/mol. The van der Waals surface area contributed by atoms with Gasteiger partial charge in [-0.1, -0.05) is 55.4 Å². The molecule has 2 heterocycles. The van der Waals surface area contributed by atoms with Crippen molar-refractivity contribution in [2.45, 2.75) is 79.1 Å². The van der Waals surface area contributed by atoms with E-state index in [1.54, 1.807) is 12.7 Å². The SMILES string of the molecule is CC(C)c1cncnc1C(C)C.CC(C)c1cncnc1C(C)C. The van der Waals surface area contributed by atoms with Gasteiger partial charge in [0, 0.05) is 23.8 Å². The highest BCUT2D eigenvalue weighted by Gasteiger charge is 2.11. The van der Waals surface area contributed by atoms with E-state index in [0.29, 0.717) is 23.7 Å². The van der Waals surface area contributed by atoms with Gasteiger partial charge < -0.3 is 0 Å². The van der Waals surface area contributed by atoms with E-state index >= 15 is 0 Å². The first-order valence-corrected chi connectivity index (χ1v) is 8.85. The summed E-state index contributed by atoms with van der Waals surface area (Å²) in [6.07, 6.45) is 7.10. The van der Waals surface area contributed by atoms with Gasteiger partial charge in [-0.05, 0) is 34.8 Å². The van der Waals surface area contributed by atoms with E-state index in [2.05, 4.69) is 75.3 Å². The van der Waals surface area contributed by atoms with Gasteiger partial charge in [0.1, 0.15) is 12.7 Å². The van der Waals surface area contributed by atoms with Crippen molar-refractivity contribution in [3.8, 4) is 0 Å². The molecule has 0 aromatic carbocycles. The van der Waals surface area contributed by atoms with Crippen LogP contribution in [0.1, 0.15) is 102 Å². The molecule has 2 aromatic heterocycles. The number of hydrogen-bond donors (Lipinski definition) is 0. The monoisotopic (exact) mass is 328 g/mol. The summed E-state index contributed by atoms with van der Waals surface area (Å²) < 4.78 is 0. The highest BCUT2D eigenvalue weighted by molar-refractivity contribution is 5.22. The van der Waals surface area contributed by atoms with Crippen molar-refractivity contribution < 1.29 is 0 Å². The lowest BCUT2D eigenvalue weighted by Crippen LogP contribution is -2.02. The van der Waals surface area contributed by atoms with E-state index in [-0.39, 0.29) is 0 Å². The maximum absolute atomic E-state index is 4.29. The fourth-order valence-electron chi connectivity index (χ4n) is 2.55. The zero-order chi connectivity index (χ0) is 18.3. The summed E-state index contributed by atoms with van der Waals surface area (Å²) in [7, 11) is 0. The van der Waals surface area contributed by atoms with E-state index in [0.717, 1.165) is 0 Å². The molecule has 0 fully saturated rings. The van der Waals surface area contributed by atoms with Gasteiger partial charge in [-0.15, -0.1) is 0 Å². The van der Waals surface area contributed by atoms with E-state index in [1.807, 2.05) is 12.4 Å². The van der Waals surface area contributed by atoms with E-state index < -0.39 is 0 Å². The second-order valence-electron chi connectivity index (χ2n) is 7.35. The Morgan fingerprint density at radius 1 is 0.542 bits per heavy atom. The van der Waals surface area contributed by atoms with Crippen LogP contribution in [0.15, 0.2) is 25.0 Å². The van der Waals surface area contributed by atoms with Crippen molar-refractivity contribution >= 4 is 0 Å². The predicted molar refractivity (Wildman–Crippen MR) is 100 cm³/mol. The highest BCUT2D eigenvalue weighted by atomic mass is 14.8. The van der Waals surface area contributed by atoms with Crippen LogP contribution < -0.4 is 0 Å². The summed E-state index contributed by atoms with van der Waals surface area (Å²) in [6, 6.07) is 0. The van der Waals surface area contributed by atoms with Gasteiger partial charge >= 0.3 is 0 Å². The van der Waals surface area contributed by atoms with Gasteiger partial charge in [-0.3, -0.25) is 0 Å². The number of nitrogens with zero attached hydrogens (tertiary/aromatic N) is 4. The lowest BCUT2D eigenvalue weighted by molar-refractivity contribution is 0.746. The van der Waals surface area contributed by atoms with Crippen LogP contribution in [0.4, 0.5) is 0 Å². The van der Waals surface area contributed by atoms with Gasteiger partial charge in [0.05, 0.1) is 0 Å². The molecule has 0 spiro atoms. The molecule has 4 heteroatoms. The summed E-state index contributed by atoms with van der Waals surface area (Å²) in [4.78, 5) is 16.7. The van der Waals surface area contributed by atoms with Crippen LogP contribution in [0.5, 0.6) is 0 Å². The first-order chi connectivity index (χ1) is 11.3. The Bertz CT molecular complexity index is 509. The molecule has 2 aromatic rings. The molecule has 0 atom stereocenters. The topological polar surface area (TPSA) is 51.6 Å². The minimum Gasteiger partial charge on any atom is -0.245 e. The summed E-state index contributed by atoms with van der Waals surface area (Å²) in [5.41, 5.74) is 4.90. The maximum atomic E-state index is 4.29. The Labute approximate surface area is 147 Å². The number of aromatic nitrogens is 4. The van der Waals surface area contributed by atoms with Crippen molar-refractivity contribution in [1.29, 1.82) is 0 Å². The van der Waals surface area contributed by atoms with Crippen molar-refractivity contribution in [2.75, 3.05) is 0 Å². The normalized spacial score (nSPS) is 11.2. The molecule has 2 rings (SSSR count). The van der Waals surface area contributed by atoms with Crippen molar-refractivity contribution in [1.82, 2.24) is 19.9 Å². The van der Waals surface area contributed by atoms with Gasteiger partial charge in [-0.2, -0.15) is 0 Å². The molecule has 0 bridgehead atoms. The molecule has 0 aliphatic heterocycles. The molecule has 132 valence electrons. The molecule has 0 aliphatic carbocycles. The average Bonchev–Trinajstić information content (AvgIpc) is 2.55. The second kappa shape index (κ2) is 9.45. The van der Waals surface area contributed by atoms with Crippen LogP contribution in [0.25, 0.3) is 0 Å². The molecular formula is C20H32N4. The fourth-order valence-corrected chi connectivity index (χ4v) is 2.55. The third kappa shape index (κ3) is 5.66. The van der Waals surface area contributed by atoms with Crippen molar-refractivity contribution in [3.63, 3.8) is 0 Å². The van der Waals surface area contributed by atoms with Gasteiger partial charge in [0.2, 0.25) is 0 Å². The Balaban J connectivity index is 0.000000240. The predicted octanol–water partition coefficient (Wildman–Crippen LogP) is 5.45. The number of hydrogen-bond acceptors (Lipinski definition) is 4. The Hall–Kier alpha value is -1.84. The van der Waals surface area contributed by atoms with Crippen molar-refractivity contribution in [2.24, 2.45) is 0 Å². The molecule has 4 nitrogen and oxygen atoms in total. The summed E-state index contributed by atoms with van der Waals surface area (Å²) in [5, 5.41) is 0. The first-order valence-electron chi connectivity index (χ1n) is 8.85. The molecule has 0 saturated carbocycles. The number of rotatable bonds is 4. The Morgan fingerprint density at radius 3 is 1.08 bits per heavy atom. The molecule has 0 amide bonds. The molecule has 0 saturated heterocycles. The maximum Gasteiger partial charge on any atom is 0.115 e. The van der Waals surface area contributed by atoms with Gasteiger partial charge in [0.25, 0.3) is 0 Å². The van der Waals surface area contributed by atoms with Crippen LogP contribution in [0.3, 0.4) is 0 Å². The Morgan fingerprint density at radius 2 is 0.875 bits per heavy atom. The molecule has 0 aliphatic rings. The third-order valence-electron chi connectivity index (χ3n) is 3.88. The minimum atomic E-state index is 0.491. The van der Waals surface area contributed by atoms with Crippen LogP contribution in [-0.4, -0.2) is 19.9 Å². The van der Waals surface area contributed by atoms with Crippen LogP contribution in [0.2, 0.25) is 0 Å². The highest BCUT2D eigenvalue weighted by Crippen LogP contribution is 2.23. The zero-order valence-electron chi connectivity index (χ0n) is 16.4. The third-order valence-corrected chi connectivity index (χ3v) is 3.88. The van der Waals surface area contributed by atoms with Crippen LogP contribution >= 0.6 is 0 Å². The molecule has 0 N–H and O–H groups in total. The second-order valence-corrected chi connectivity index (χ2v) is 7.35. The summed E-state index contributed by atoms with van der Waals surface area (Å²) in [6.45, 7) is 17.3. The quantitative estimate of drug-likeness (QED) is 0.749. The minimum absolute atomic E-state index is 0.491. The summed E-state index contributed by atoms with van der Waals surface area (Å²) >= 11 is 0. The van der Waals surface area contributed by atoms with Gasteiger partial charge in [-0.25, -0.2) is 19.9 Å². The lowest BCUT2D eigenvalue weighted by atomic mass is 9.97.